The van der Waals surface area contributed by atoms with Gasteiger partial charge in [0.25, 0.3) is 5.91 Å². The first-order chi connectivity index (χ1) is 17.1. The first-order valence-corrected chi connectivity index (χ1v) is 13.6. The number of likely N-dealkylation sites (tertiary alicyclic amines) is 2. The zero-order valence-corrected chi connectivity index (χ0v) is 20.9. The second kappa shape index (κ2) is 7.57. The molecule has 1 spiro atoms. The van der Waals surface area contributed by atoms with Crippen LogP contribution in [0.3, 0.4) is 0 Å². The topological polar surface area (TPSA) is 55.8 Å². The molecule has 7 atom stereocenters. The maximum atomic E-state index is 13.8. The van der Waals surface area contributed by atoms with E-state index >= 15 is 0 Å². The van der Waals surface area contributed by atoms with E-state index in [1.165, 1.54) is 17.5 Å². The number of hydrogen-bond acceptors (Lipinski definition) is 4. The number of rotatable bonds is 5. The third kappa shape index (κ3) is 2.54. The fourth-order valence-electron chi connectivity index (χ4n) is 9.97. The maximum absolute atomic E-state index is 13.8. The molecule has 0 aromatic heterocycles. The number of nitrogens with one attached hydrogen (secondary N) is 1. The number of hydrogen-bond donors (Lipinski definition) is 2. The number of likely N-dealkylation sites (N-methyl/N-ethyl adjacent to an activating group) is 1. The molecule has 184 valence electrons. The van der Waals surface area contributed by atoms with Gasteiger partial charge in [0.05, 0.1) is 0 Å². The van der Waals surface area contributed by atoms with Crippen LogP contribution in [0.1, 0.15) is 47.7 Å². The van der Waals surface area contributed by atoms with Crippen molar-refractivity contribution in [3.8, 4) is 5.75 Å². The third-order valence-electron chi connectivity index (χ3n) is 10.9. The number of benzene rings is 2. The molecule has 35 heavy (non-hydrogen) atoms. The number of piperidine rings is 2. The summed E-state index contributed by atoms with van der Waals surface area (Å²) in [4.78, 5) is 18.8. The molecular formula is C30H37N3O2. The highest BCUT2D eigenvalue weighted by Crippen LogP contribution is 2.84. The van der Waals surface area contributed by atoms with Crippen molar-refractivity contribution >= 4 is 5.91 Å². The van der Waals surface area contributed by atoms with Crippen LogP contribution in [-0.2, 0) is 11.8 Å². The van der Waals surface area contributed by atoms with Crippen LogP contribution in [0.4, 0.5) is 0 Å². The SMILES string of the molecule is CCC1C2C3[C@@H](CN1C(=O)c1ccccc1)CC31C3Cc4ccc(O)cc4C21CCN3CCNC. The molecule has 2 aliphatic heterocycles. The number of carbonyl (C=O) groups excluding carboxylic acids is 1. The van der Waals surface area contributed by atoms with Crippen LogP contribution in [0.5, 0.6) is 5.75 Å². The summed E-state index contributed by atoms with van der Waals surface area (Å²) >= 11 is 0. The van der Waals surface area contributed by atoms with Crippen LogP contribution in [0.2, 0.25) is 0 Å². The molecule has 2 heterocycles. The summed E-state index contributed by atoms with van der Waals surface area (Å²) in [5, 5.41) is 14.0. The molecule has 5 heteroatoms. The van der Waals surface area contributed by atoms with Gasteiger partial charge in [0.15, 0.2) is 0 Å². The molecule has 3 aliphatic carbocycles. The van der Waals surface area contributed by atoms with Crippen LogP contribution < -0.4 is 5.32 Å². The highest BCUT2D eigenvalue weighted by molar-refractivity contribution is 5.94. The minimum Gasteiger partial charge on any atom is -0.508 e. The number of nitrogens with zero attached hydrogens (tertiary/aromatic N) is 2. The molecule has 2 N–H and O–H groups in total. The Bertz CT molecular complexity index is 1170. The first-order valence-electron chi connectivity index (χ1n) is 13.6. The lowest BCUT2D eigenvalue weighted by atomic mass is 9.20. The van der Waals surface area contributed by atoms with Gasteiger partial charge in [-0.05, 0) is 92.4 Å². The first kappa shape index (κ1) is 21.9. The van der Waals surface area contributed by atoms with Gasteiger partial charge in [-0.1, -0.05) is 31.2 Å². The fraction of sp³-hybridized carbons (Fsp3) is 0.567. The number of phenolic OH excluding ortho intramolecular Hbond substituents is 1. The minimum absolute atomic E-state index is 0.0810. The van der Waals surface area contributed by atoms with E-state index in [4.69, 9.17) is 0 Å². The van der Waals surface area contributed by atoms with E-state index in [2.05, 4.69) is 41.2 Å². The molecule has 4 fully saturated rings. The Morgan fingerprint density at radius 3 is 2.77 bits per heavy atom. The van der Waals surface area contributed by atoms with Gasteiger partial charge in [-0.25, -0.2) is 0 Å². The van der Waals surface area contributed by atoms with Gasteiger partial charge in [-0.15, -0.1) is 0 Å². The van der Waals surface area contributed by atoms with Crippen molar-refractivity contribution in [2.45, 2.75) is 50.1 Å². The van der Waals surface area contributed by atoms with E-state index in [0.717, 1.165) is 51.0 Å². The predicted octanol–water partition coefficient (Wildman–Crippen LogP) is 3.67. The van der Waals surface area contributed by atoms with Gasteiger partial charge in [-0.3, -0.25) is 9.69 Å². The van der Waals surface area contributed by atoms with E-state index in [9.17, 15) is 9.90 Å². The van der Waals surface area contributed by atoms with E-state index in [0.29, 0.717) is 35.0 Å². The average molecular weight is 472 g/mol. The normalized spacial score (nSPS) is 38.5. The van der Waals surface area contributed by atoms with Gasteiger partial charge in [0, 0.05) is 48.1 Å². The van der Waals surface area contributed by atoms with Crippen molar-refractivity contribution < 1.29 is 9.90 Å². The second-order valence-electron chi connectivity index (χ2n) is 11.8. The van der Waals surface area contributed by atoms with Crippen molar-refractivity contribution in [1.29, 1.82) is 0 Å². The Labute approximate surface area is 208 Å². The van der Waals surface area contributed by atoms with Crippen LogP contribution in [0.25, 0.3) is 0 Å². The summed E-state index contributed by atoms with van der Waals surface area (Å²) in [6.07, 6.45) is 4.45. The predicted molar refractivity (Wildman–Crippen MR) is 136 cm³/mol. The molecule has 1 amide bonds. The third-order valence-corrected chi connectivity index (χ3v) is 10.9. The highest BCUT2D eigenvalue weighted by atomic mass is 16.3. The van der Waals surface area contributed by atoms with Crippen LogP contribution in [0.15, 0.2) is 48.5 Å². The zero-order chi connectivity index (χ0) is 23.9. The molecule has 7 rings (SSSR count). The molecular weight excluding hydrogens is 434 g/mol. The lowest BCUT2D eigenvalue weighted by Gasteiger charge is -2.88. The van der Waals surface area contributed by atoms with E-state index in [1.54, 1.807) is 0 Å². The number of amides is 1. The summed E-state index contributed by atoms with van der Waals surface area (Å²) in [5.41, 5.74) is 4.04. The average Bonchev–Trinajstić information content (AvgIpc) is 2.86. The Balaban J connectivity index is 1.34. The summed E-state index contributed by atoms with van der Waals surface area (Å²) in [6.45, 7) is 6.42. The maximum Gasteiger partial charge on any atom is 0.254 e. The molecule has 2 aromatic carbocycles. The van der Waals surface area contributed by atoms with Gasteiger partial charge in [0.2, 0.25) is 0 Å². The molecule has 2 saturated heterocycles. The molecule has 2 bridgehead atoms. The lowest BCUT2D eigenvalue weighted by Crippen LogP contribution is -2.90. The van der Waals surface area contributed by atoms with Crippen molar-refractivity contribution in [3.05, 3.63) is 65.2 Å². The van der Waals surface area contributed by atoms with Crippen molar-refractivity contribution in [3.63, 3.8) is 0 Å². The Morgan fingerprint density at radius 1 is 1.17 bits per heavy atom. The van der Waals surface area contributed by atoms with Gasteiger partial charge in [0.1, 0.15) is 5.75 Å². The van der Waals surface area contributed by atoms with E-state index < -0.39 is 0 Å². The summed E-state index contributed by atoms with van der Waals surface area (Å²) < 4.78 is 0. The van der Waals surface area contributed by atoms with Crippen molar-refractivity contribution in [1.82, 2.24) is 15.1 Å². The number of aromatic hydroxyl groups is 1. The smallest absolute Gasteiger partial charge is 0.254 e. The molecule has 2 aromatic rings. The second-order valence-corrected chi connectivity index (χ2v) is 11.8. The molecule has 0 radical (unpaired) electrons. The Morgan fingerprint density at radius 2 is 2.00 bits per heavy atom. The Hall–Kier alpha value is -2.37. The van der Waals surface area contributed by atoms with E-state index in [-0.39, 0.29) is 17.4 Å². The molecule has 2 saturated carbocycles. The largest absolute Gasteiger partial charge is 0.508 e. The summed E-state index contributed by atoms with van der Waals surface area (Å²) in [5.74, 6) is 2.39. The molecule has 6 unspecified atom stereocenters. The van der Waals surface area contributed by atoms with Crippen LogP contribution in [0, 0.1) is 23.2 Å². The van der Waals surface area contributed by atoms with Crippen molar-refractivity contribution in [2.24, 2.45) is 23.2 Å². The van der Waals surface area contributed by atoms with Gasteiger partial charge >= 0.3 is 0 Å². The van der Waals surface area contributed by atoms with Crippen molar-refractivity contribution in [2.75, 3.05) is 33.2 Å². The van der Waals surface area contributed by atoms with Gasteiger partial charge < -0.3 is 15.3 Å². The summed E-state index contributed by atoms with van der Waals surface area (Å²) in [6, 6.07) is 16.9. The fourth-order valence-corrected chi connectivity index (χ4v) is 9.97. The quantitative estimate of drug-likeness (QED) is 0.699. The number of phenols is 1. The van der Waals surface area contributed by atoms with Gasteiger partial charge in [-0.2, -0.15) is 0 Å². The zero-order valence-electron chi connectivity index (χ0n) is 20.9. The standard InChI is InChI=1S/C30H37N3O2/c1-3-24-27-26-21(18-33(24)28(35)19-7-5-4-6-8-19)17-30(26)25-15-20-9-10-22(34)16-23(20)29(27,30)11-13-32(25)14-12-31-2/h4-10,16,21,24-27,31,34H,3,11-15,17-18H2,1-2H3/t21-,24?,25?,26?,27?,29?,30?/m1/s1. The monoisotopic (exact) mass is 471 g/mol. The summed E-state index contributed by atoms with van der Waals surface area (Å²) in [7, 11) is 2.05. The highest BCUT2D eigenvalue weighted by Gasteiger charge is 2.85. The number of carbonyl (C=O) groups is 1. The molecule has 5 aliphatic rings. The Kier molecular flexibility index (Phi) is 4.73. The minimum atomic E-state index is 0.0810. The van der Waals surface area contributed by atoms with E-state index in [1.807, 2.05) is 36.4 Å². The number of fused-ring (bicyclic) bond motifs is 1. The van der Waals surface area contributed by atoms with Crippen LogP contribution >= 0.6 is 0 Å². The molecule has 5 nitrogen and oxygen atoms in total. The lowest BCUT2D eigenvalue weighted by molar-refractivity contribution is -0.349. The van der Waals surface area contributed by atoms with Crippen LogP contribution in [-0.4, -0.2) is 66.1 Å².